The molecule has 1 nitrogen and oxygen atoms in total. The average Bonchev–Trinajstić information content (AvgIpc) is 2.06. The minimum absolute atomic E-state index is 0.0991. The van der Waals surface area contributed by atoms with Gasteiger partial charge in [0.15, 0.2) is 0 Å². The molecule has 0 aromatic heterocycles. The van der Waals surface area contributed by atoms with Gasteiger partial charge in [0, 0.05) is 6.61 Å². The first kappa shape index (κ1) is 9.96. The molecule has 0 saturated carbocycles. The van der Waals surface area contributed by atoms with Crippen molar-refractivity contribution in [1.82, 2.24) is 0 Å². The first-order chi connectivity index (χ1) is 5.67. The summed E-state index contributed by atoms with van der Waals surface area (Å²) in [4.78, 5) is 0. The molecule has 0 atom stereocenters. The van der Waals surface area contributed by atoms with E-state index < -0.39 is 4.08 Å². The van der Waals surface area contributed by atoms with E-state index in [9.17, 15) is 0 Å². The zero-order chi connectivity index (χ0) is 9.03. The van der Waals surface area contributed by atoms with Gasteiger partial charge in [0.1, 0.15) is 0 Å². The van der Waals surface area contributed by atoms with E-state index in [0.717, 1.165) is 5.56 Å². The van der Waals surface area contributed by atoms with Crippen LogP contribution in [0.2, 0.25) is 0 Å². The Bertz CT molecular complexity index is 234. The SMILES string of the molecule is OCCC(S)(S)c1ccccc1. The molecule has 0 fully saturated rings. The van der Waals surface area contributed by atoms with Crippen LogP contribution in [0.3, 0.4) is 0 Å². The quantitative estimate of drug-likeness (QED) is 0.504. The fourth-order valence-corrected chi connectivity index (χ4v) is 1.50. The molecule has 0 aliphatic rings. The van der Waals surface area contributed by atoms with E-state index in [-0.39, 0.29) is 6.61 Å². The van der Waals surface area contributed by atoms with Crippen LogP contribution >= 0.6 is 25.3 Å². The van der Waals surface area contributed by atoms with E-state index in [1.54, 1.807) is 0 Å². The zero-order valence-electron chi connectivity index (χ0n) is 6.64. The monoisotopic (exact) mass is 200 g/mol. The third kappa shape index (κ3) is 2.44. The predicted molar refractivity (Wildman–Crippen MR) is 57.8 cm³/mol. The van der Waals surface area contributed by atoms with Gasteiger partial charge in [-0.15, -0.1) is 0 Å². The third-order valence-electron chi connectivity index (χ3n) is 1.70. The molecule has 1 aromatic carbocycles. The Balaban J connectivity index is 2.82. The Morgan fingerprint density at radius 2 is 1.75 bits per heavy atom. The van der Waals surface area contributed by atoms with Gasteiger partial charge in [-0.05, 0) is 12.0 Å². The molecule has 0 aliphatic heterocycles. The van der Waals surface area contributed by atoms with Gasteiger partial charge in [-0.2, -0.15) is 25.3 Å². The summed E-state index contributed by atoms with van der Waals surface area (Å²) < 4.78 is -0.518. The summed E-state index contributed by atoms with van der Waals surface area (Å²) in [6, 6.07) is 9.73. The summed E-state index contributed by atoms with van der Waals surface area (Å²) in [7, 11) is 0. The lowest BCUT2D eigenvalue weighted by molar-refractivity contribution is 0.284. The molecule has 0 bridgehead atoms. The van der Waals surface area contributed by atoms with Crippen molar-refractivity contribution in [3.63, 3.8) is 0 Å². The molecule has 0 heterocycles. The number of benzene rings is 1. The Morgan fingerprint density at radius 1 is 1.17 bits per heavy atom. The average molecular weight is 200 g/mol. The molecule has 1 N–H and O–H groups in total. The van der Waals surface area contributed by atoms with Gasteiger partial charge >= 0.3 is 0 Å². The molecule has 0 saturated heterocycles. The molecule has 12 heavy (non-hydrogen) atoms. The van der Waals surface area contributed by atoms with Crippen molar-refractivity contribution in [2.75, 3.05) is 6.61 Å². The summed E-state index contributed by atoms with van der Waals surface area (Å²) in [5.74, 6) is 0. The molecule has 0 aliphatic carbocycles. The summed E-state index contributed by atoms with van der Waals surface area (Å²) in [5, 5.41) is 8.77. The zero-order valence-corrected chi connectivity index (χ0v) is 8.43. The molecular weight excluding hydrogens is 188 g/mol. The smallest absolute Gasteiger partial charge is 0.0824 e. The van der Waals surface area contributed by atoms with Gasteiger partial charge in [0.05, 0.1) is 4.08 Å². The number of rotatable bonds is 3. The van der Waals surface area contributed by atoms with Crippen LogP contribution in [-0.4, -0.2) is 11.7 Å². The lowest BCUT2D eigenvalue weighted by atomic mass is 10.1. The highest BCUT2D eigenvalue weighted by molar-refractivity contribution is 7.99. The van der Waals surface area contributed by atoms with Crippen molar-refractivity contribution in [3.05, 3.63) is 35.9 Å². The van der Waals surface area contributed by atoms with Gasteiger partial charge in [-0.25, -0.2) is 0 Å². The first-order valence-electron chi connectivity index (χ1n) is 3.78. The fraction of sp³-hybridized carbons (Fsp3) is 0.333. The number of aliphatic hydroxyl groups excluding tert-OH is 1. The topological polar surface area (TPSA) is 20.2 Å². The first-order valence-corrected chi connectivity index (χ1v) is 4.67. The number of hydrogen-bond acceptors (Lipinski definition) is 3. The van der Waals surface area contributed by atoms with E-state index >= 15 is 0 Å². The Kier molecular flexibility index (Phi) is 3.50. The van der Waals surface area contributed by atoms with Gasteiger partial charge in [-0.1, -0.05) is 30.3 Å². The molecule has 0 spiro atoms. The second kappa shape index (κ2) is 4.21. The van der Waals surface area contributed by atoms with Crippen LogP contribution < -0.4 is 0 Å². The van der Waals surface area contributed by atoms with Crippen molar-refractivity contribution >= 4 is 25.3 Å². The summed E-state index contributed by atoms with van der Waals surface area (Å²) >= 11 is 8.72. The lowest BCUT2D eigenvalue weighted by Gasteiger charge is -2.21. The van der Waals surface area contributed by atoms with E-state index in [1.165, 1.54) is 0 Å². The largest absolute Gasteiger partial charge is 0.396 e. The van der Waals surface area contributed by atoms with Crippen LogP contribution in [0.25, 0.3) is 0 Å². The third-order valence-corrected chi connectivity index (χ3v) is 2.66. The summed E-state index contributed by atoms with van der Waals surface area (Å²) in [6.45, 7) is 0.0991. The maximum absolute atomic E-state index is 8.77. The highest BCUT2D eigenvalue weighted by Crippen LogP contribution is 2.35. The van der Waals surface area contributed by atoms with Crippen LogP contribution in [0.5, 0.6) is 0 Å². The number of thiol groups is 2. The van der Waals surface area contributed by atoms with Crippen molar-refractivity contribution < 1.29 is 5.11 Å². The van der Waals surface area contributed by atoms with Gasteiger partial charge in [0.2, 0.25) is 0 Å². The van der Waals surface area contributed by atoms with Crippen molar-refractivity contribution in [2.24, 2.45) is 0 Å². The van der Waals surface area contributed by atoms with Gasteiger partial charge in [-0.3, -0.25) is 0 Å². The van der Waals surface area contributed by atoms with E-state index in [1.807, 2.05) is 30.3 Å². The minimum Gasteiger partial charge on any atom is -0.396 e. The second-order valence-electron chi connectivity index (χ2n) is 2.66. The Hall–Kier alpha value is -0.120. The van der Waals surface area contributed by atoms with E-state index in [2.05, 4.69) is 25.3 Å². The lowest BCUT2D eigenvalue weighted by Crippen LogP contribution is -2.12. The highest BCUT2D eigenvalue weighted by atomic mass is 32.2. The predicted octanol–water partition coefficient (Wildman–Crippen LogP) is 2.08. The number of hydrogen-bond donors (Lipinski definition) is 3. The van der Waals surface area contributed by atoms with Crippen molar-refractivity contribution in [3.8, 4) is 0 Å². The Morgan fingerprint density at radius 3 is 2.25 bits per heavy atom. The normalized spacial score (nSPS) is 11.6. The Labute approximate surface area is 83.6 Å². The summed E-state index contributed by atoms with van der Waals surface area (Å²) in [5.41, 5.74) is 1.02. The van der Waals surface area contributed by atoms with Gasteiger partial charge in [0.25, 0.3) is 0 Å². The standard InChI is InChI=1S/C9H12OS2/c10-7-6-9(11,12)8-4-2-1-3-5-8/h1-5,10-12H,6-7H2. The van der Waals surface area contributed by atoms with Gasteiger partial charge < -0.3 is 5.11 Å². The minimum atomic E-state index is -0.518. The van der Waals surface area contributed by atoms with Crippen LogP contribution in [-0.2, 0) is 4.08 Å². The molecule has 0 amide bonds. The molecular formula is C9H12OS2. The van der Waals surface area contributed by atoms with Crippen molar-refractivity contribution in [2.45, 2.75) is 10.5 Å². The number of aliphatic hydroxyl groups is 1. The van der Waals surface area contributed by atoms with Crippen LogP contribution in [0.1, 0.15) is 12.0 Å². The van der Waals surface area contributed by atoms with Crippen molar-refractivity contribution in [1.29, 1.82) is 0 Å². The van der Waals surface area contributed by atoms with Crippen LogP contribution in [0, 0.1) is 0 Å². The summed E-state index contributed by atoms with van der Waals surface area (Å²) in [6.07, 6.45) is 0.545. The van der Waals surface area contributed by atoms with E-state index in [0.29, 0.717) is 6.42 Å². The highest BCUT2D eigenvalue weighted by Gasteiger charge is 2.21. The van der Waals surface area contributed by atoms with E-state index in [4.69, 9.17) is 5.11 Å². The molecule has 66 valence electrons. The molecule has 0 radical (unpaired) electrons. The molecule has 0 unspecified atom stereocenters. The fourth-order valence-electron chi connectivity index (χ4n) is 1.01. The van der Waals surface area contributed by atoms with Crippen LogP contribution in [0.4, 0.5) is 0 Å². The molecule has 1 rings (SSSR count). The maximum Gasteiger partial charge on any atom is 0.0824 e. The molecule has 3 heteroatoms. The van der Waals surface area contributed by atoms with Crippen LogP contribution in [0.15, 0.2) is 30.3 Å². The maximum atomic E-state index is 8.77. The molecule has 1 aromatic rings. The second-order valence-corrected chi connectivity index (χ2v) is 4.54.